The van der Waals surface area contributed by atoms with Gasteiger partial charge in [-0.15, -0.1) is 0 Å². The van der Waals surface area contributed by atoms with Crippen molar-refractivity contribution >= 4 is 15.9 Å². The van der Waals surface area contributed by atoms with Crippen molar-refractivity contribution in [3.8, 4) is 0 Å². The number of ether oxygens (including phenoxy) is 2. The van der Waals surface area contributed by atoms with E-state index < -0.39 is 12.5 Å². The second kappa shape index (κ2) is 13.6. The van der Waals surface area contributed by atoms with Crippen molar-refractivity contribution in [2.45, 2.75) is 64.2 Å². The van der Waals surface area contributed by atoms with Gasteiger partial charge in [0.2, 0.25) is 0 Å². The zero-order valence-corrected chi connectivity index (χ0v) is 16.7. The van der Waals surface area contributed by atoms with Crippen molar-refractivity contribution in [3.05, 3.63) is 28.5 Å². The summed E-state index contributed by atoms with van der Waals surface area (Å²) in [5, 5.41) is 0. The first-order valence-corrected chi connectivity index (χ1v) is 10.0. The zero-order chi connectivity index (χ0) is 18.4. The van der Waals surface area contributed by atoms with Crippen molar-refractivity contribution < 1.29 is 18.3 Å². The summed E-state index contributed by atoms with van der Waals surface area (Å²) in [7, 11) is 0. The monoisotopic (exact) mass is 421 g/mol. The summed E-state index contributed by atoms with van der Waals surface area (Å²) in [6.45, 7) is 3.48. The molecule has 0 fully saturated rings. The van der Waals surface area contributed by atoms with Gasteiger partial charge in [0.1, 0.15) is 12.3 Å². The maximum atomic E-state index is 13.9. The van der Waals surface area contributed by atoms with Gasteiger partial charge in [-0.2, -0.15) is 8.78 Å². The molecule has 0 N–H and O–H groups in total. The molecule has 0 aliphatic rings. The van der Waals surface area contributed by atoms with E-state index in [1.165, 1.54) is 37.9 Å². The van der Waals surface area contributed by atoms with Gasteiger partial charge in [-0.3, -0.25) is 4.98 Å². The molecular weight excluding hydrogens is 392 g/mol. The smallest absolute Gasteiger partial charge is 0.312 e. The average molecular weight is 422 g/mol. The highest BCUT2D eigenvalue weighted by Crippen LogP contribution is 2.27. The minimum absolute atomic E-state index is 0.261. The molecule has 0 saturated carbocycles. The summed E-state index contributed by atoms with van der Waals surface area (Å²) in [5.74, 6) is -3.05. The van der Waals surface area contributed by atoms with Crippen LogP contribution in [-0.2, 0) is 15.4 Å². The Morgan fingerprint density at radius 3 is 2.12 bits per heavy atom. The molecule has 1 heterocycles. The molecule has 0 unspecified atom stereocenters. The number of rotatable bonds is 15. The average Bonchev–Trinajstić information content (AvgIpc) is 2.59. The van der Waals surface area contributed by atoms with Crippen LogP contribution < -0.4 is 0 Å². The van der Waals surface area contributed by atoms with Gasteiger partial charge in [0.05, 0.1) is 0 Å². The van der Waals surface area contributed by atoms with Gasteiger partial charge in [-0.1, -0.05) is 32.6 Å². The van der Waals surface area contributed by atoms with Crippen LogP contribution in [0.2, 0.25) is 0 Å². The fourth-order valence-electron chi connectivity index (χ4n) is 2.36. The third-order valence-electron chi connectivity index (χ3n) is 3.86. The first-order valence-electron chi connectivity index (χ1n) is 9.21. The van der Waals surface area contributed by atoms with Gasteiger partial charge < -0.3 is 9.47 Å². The number of alkyl halides is 2. The number of aromatic nitrogens is 1. The molecule has 1 aromatic heterocycles. The van der Waals surface area contributed by atoms with Gasteiger partial charge in [0.25, 0.3) is 0 Å². The summed E-state index contributed by atoms with van der Waals surface area (Å²) < 4.78 is 39.2. The van der Waals surface area contributed by atoms with Crippen molar-refractivity contribution in [2.75, 3.05) is 26.4 Å². The number of hydrogen-bond acceptors (Lipinski definition) is 3. The molecule has 0 atom stereocenters. The van der Waals surface area contributed by atoms with Crippen LogP contribution in [0.1, 0.15) is 64.0 Å². The van der Waals surface area contributed by atoms with E-state index in [9.17, 15) is 8.78 Å². The topological polar surface area (TPSA) is 31.4 Å². The lowest BCUT2D eigenvalue weighted by Crippen LogP contribution is -2.22. The normalized spacial score (nSPS) is 11.8. The number of nitrogens with zero attached hydrogens (tertiary/aromatic N) is 1. The van der Waals surface area contributed by atoms with Gasteiger partial charge in [-0.25, -0.2) is 0 Å². The fourth-order valence-corrected chi connectivity index (χ4v) is 2.60. The summed E-state index contributed by atoms with van der Waals surface area (Å²) in [4.78, 5) is 3.74. The van der Waals surface area contributed by atoms with Gasteiger partial charge in [0, 0.05) is 30.5 Å². The van der Waals surface area contributed by atoms with E-state index in [4.69, 9.17) is 9.47 Å². The van der Waals surface area contributed by atoms with Crippen LogP contribution in [0, 0.1) is 0 Å². The van der Waals surface area contributed by atoms with E-state index >= 15 is 0 Å². The van der Waals surface area contributed by atoms with Crippen LogP contribution >= 0.6 is 15.9 Å². The van der Waals surface area contributed by atoms with Crippen molar-refractivity contribution in [1.29, 1.82) is 0 Å². The van der Waals surface area contributed by atoms with Gasteiger partial charge >= 0.3 is 5.92 Å². The number of pyridine rings is 1. The predicted octanol–water partition coefficient (Wildman–Crippen LogP) is 6.11. The Morgan fingerprint density at radius 2 is 1.52 bits per heavy atom. The molecule has 0 aromatic carbocycles. The molecule has 1 rings (SSSR count). The molecule has 144 valence electrons. The third-order valence-corrected chi connectivity index (χ3v) is 4.32. The van der Waals surface area contributed by atoms with Crippen LogP contribution in [0.25, 0.3) is 0 Å². The zero-order valence-electron chi connectivity index (χ0n) is 15.1. The predicted molar refractivity (Wildman–Crippen MR) is 100 cm³/mol. The highest BCUT2D eigenvalue weighted by molar-refractivity contribution is 9.10. The Hall–Kier alpha value is -0.590. The molecule has 0 spiro atoms. The summed E-state index contributed by atoms with van der Waals surface area (Å²) in [6.07, 6.45) is 10.2. The largest absolute Gasteiger partial charge is 0.381 e. The van der Waals surface area contributed by atoms with Gasteiger partial charge in [-0.05, 0) is 53.7 Å². The maximum absolute atomic E-state index is 13.9. The van der Waals surface area contributed by atoms with Crippen LogP contribution in [0.4, 0.5) is 8.78 Å². The van der Waals surface area contributed by atoms with Crippen LogP contribution in [0.3, 0.4) is 0 Å². The second-order valence-corrected chi connectivity index (χ2v) is 7.12. The molecule has 1 aromatic rings. The molecule has 6 heteroatoms. The molecule has 0 radical (unpaired) electrons. The fraction of sp³-hybridized carbons (Fsp3) is 0.737. The number of unbranched alkanes of at least 4 members (excludes halogenated alkanes) is 6. The lowest BCUT2D eigenvalue weighted by atomic mass is 10.2. The quantitative estimate of drug-likeness (QED) is 0.320. The summed E-state index contributed by atoms with van der Waals surface area (Å²) in [6, 6.07) is 2.87. The van der Waals surface area contributed by atoms with Crippen LogP contribution in [0.15, 0.2) is 22.8 Å². The molecule has 0 bridgehead atoms. The van der Waals surface area contributed by atoms with Crippen molar-refractivity contribution in [2.24, 2.45) is 0 Å². The molecule has 0 amide bonds. The Balaban J connectivity index is 1.95. The van der Waals surface area contributed by atoms with Gasteiger partial charge in [0.15, 0.2) is 0 Å². The first-order chi connectivity index (χ1) is 12.1. The third kappa shape index (κ3) is 10.9. The Labute approximate surface area is 158 Å². The van der Waals surface area contributed by atoms with E-state index in [0.717, 1.165) is 38.9 Å². The van der Waals surface area contributed by atoms with Crippen molar-refractivity contribution in [3.63, 3.8) is 0 Å². The molecular formula is C19H30BrF2NO2. The molecule has 0 saturated heterocycles. The second-order valence-electron chi connectivity index (χ2n) is 6.21. The van der Waals surface area contributed by atoms with E-state index in [0.29, 0.717) is 11.1 Å². The van der Waals surface area contributed by atoms with Crippen LogP contribution in [-0.4, -0.2) is 31.4 Å². The minimum Gasteiger partial charge on any atom is -0.381 e. The minimum atomic E-state index is -3.05. The summed E-state index contributed by atoms with van der Waals surface area (Å²) >= 11 is 3.18. The Bertz CT molecular complexity index is 444. The highest BCUT2D eigenvalue weighted by Gasteiger charge is 2.33. The Kier molecular flexibility index (Phi) is 12.2. The number of halogens is 3. The number of hydrogen-bond donors (Lipinski definition) is 0. The molecule has 0 aliphatic heterocycles. The Morgan fingerprint density at radius 1 is 0.920 bits per heavy atom. The van der Waals surface area contributed by atoms with E-state index in [1.807, 2.05) is 0 Å². The molecule has 0 aliphatic carbocycles. The standard InChI is InChI=1S/C19H30BrF2NO2/c1-2-3-4-5-7-12-24-13-8-6-9-14-25-16-19(21,22)18-11-10-17(20)15-23-18/h10-11,15H,2-9,12-14,16H2,1H3. The lowest BCUT2D eigenvalue weighted by Gasteiger charge is -2.15. The first kappa shape index (κ1) is 22.5. The lowest BCUT2D eigenvalue weighted by molar-refractivity contribution is -0.0862. The molecule has 3 nitrogen and oxygen atoms in total. The summed E-state index contributed by atoms with van der Waals surface area (Å²) in [5.41, 5.74) is -0.261. The highest BCUT2D eigenvalue weighted by atomic mass is 79.9. The van der Waals surface area contributed by atoms with Crippen molar-refractivity contribution in [1.82, 2.24) is 4.98 Å². The van der Waals surface area contributed by atoms with E-state index in [2.05, 4.69) is 27.8 Å². The van der Waals surface area contributed by atoms with E-state index in [1.54, 1.807) is 6.07 Å². The van der Waals surface area contributed by atoms with E-state index in [-0.39, 0.29) is 5.69 Å². The molecule has 25 heavy (non-hydrogen) atoms. The van der Waals surface area contributed by atoms with Crippen LogP contribution in [0.5, 0.6) is 0 Å². The SMILES string of the molecule is CCCCCCCOCCCCCOCC(F)(F)c1ccc(Br)cn1. The maximum Gasteiger partial charge on any atom is 0.312 e.